The number of aliphatic hydroxyl groups excluding tert-OH is 1. The number of rotatable bonds is 4. The van der Waals surface area contributed by atoms with E-state index in [-0.39, 0.29) is 30.9 Å². The van der Waals surface area contributed by atoms with Crippen LogP contribution in [0.2, 0.25) is 10.0 Å². The molecule has 8 heteroatoms. The average Bonchev–Trinajstić information content (AvgIpc) is 2.45. The van der Waals surface area contributed by atoms with Crippen molar-refractivity contribution in [3.63, 3.8) is 0 Å². The highest BCUT2D eigenvalue weighted by Crippen LogP contribution is 2.25. The summed E-state index contributed by atoms with van der Waals surface area (Å²) in [6.45, 7) is 1.67. The number of aliphatic hydroxyl groups is 1. The number of carbonyl (C=O) groups excluding carboxylic acids is 1. The second-order valence-electron chi connectivity index (χ2n) is 4.51. The first-order valence-electron chi connectivity index (χ1n) is 6.30. The molecular weight excluding hydrogens is 339 g/mol. The van der Waals surface area contributed by atoms with E-state index in [9.17, 15) is 9.90 Å². The van der Waals surface area contributed by atoms with Crippen molar-refractivity contribution in [1.82, 2.24) is 10.6 Å². The van der Waals surface area contributed by atoms with Crippen molar-refractivity contribution in [3.05, 3.63) is 33.8 Å². The molecule has 0 spiro atoms. The molecule has 2 unspecified atom stereocenters. The number of nitrogens with one attached hydrogen (secondary N) is 2. The Kier molecular flexibility index (Phi) is 7.73. The number of benzene rings is 1. The van der Waals surface area contributed by atoms with E-state index in [2.05, 4.69) is 10.6 Å². The topological polar surface area (TPSA) is 70.6 Å². The zero-order valence-corrected chi connectivity index (χ0v) is 13.5. The third-order valence-corrected chi connectivity index (χ3v) is 3.59. The van der Waals surface area contributed by atoms with Crippen LogP contribution in [-0.2, 0) is 9.53 Å². The molecule has 1 aromatic carbocycles. The molecule has 21 heavy (non-hydrogen) atoms. The van der Waals surface area contributed by atoms with E-state index in [0.29, 0.717) is 35.4 Å². The van der Waals surface area contributed by atoms with Gasteiger partial charge in [-0.25, -0.2) is 0 Å². The Morgan fingerprint density at radius 2 is 2.29 bits per heavy atom. The smallest absolute Gasteiger partial charge is 0.239 e. The molecule has 118 valence electrons. The Labute approximate surface area is 139 Å². The zero-order valence-electron chi connectivity index (χ0n) is 11.1. The predicted octanol–water partition coefficient (Wildman–Crippen LogP) is 1.55. The van der Waals surface area contributed by atoms with Gasteiger partial charge in [0.05, 0.1) is 19.3 Å². The fourth-order valence-corrected chi connectivity index (χ4v) is 2.47. The van der Waals surface area contributed by atoms with E-state index < -0.39 is 6.10 Å². The van der Waals surface area contributed by atoms with Crippen LogP contribution in [0.15, 0.2) is 18.2 Å². The lowest BCUT2D eigenvalue weighted by molar-refractivity contribution is -0.126. The molecule has 2 rings (SSSR count). The Balaban J connectivity index is 0.00000220. The summed E-state index contributed by atoms with van der Waals surface area (Å²) in [4.78, 5) is 11.9. The summed E-state index contributed by atoms with van der Waals surface area (Å²) in [5.74, 6) is -0.200. The predicted molar refractivity (Wildman–Crippen MR) is 84.3 cm³/mol. The summed E-state index contributed by atoms with van der Waals surface area (Å²) in [7, 11) is 0. The van der Waals surface area contributed by atoms with Gasteiger partial charge in [-0.15, -0.1) is 12.4 Å². The molecule has 5 nitrogen and oxygen atoms in total. The first kappa shape index (κ1) is 18.5. The SMILES string of the molecule is Cl.O=C(NCC(O)c1ccc(Cl)cc1Cl)C1COCCN1. The molecule has 1 aliphatic rings. The molecule has 1 aliphatic heterocycles. The standard InChI is InChI=1S/C13H16Cl2N2O3.ClH/c14-8-1-2-9(10(15)5-8)12(18)6-17-13(19)11-7-20-4-3-16-11;/h1-2,5,11-12,16,18H,3-4,6-7H2,(H,17,19);1H. The molecule has 2 atom stereocenters. The summed E-state index contributed by atoms with van der Waals surface area (Å²) in [5.41, 5.74) is 0.532. The number of morpholine rings is 1. The Bertz CT molecular complexity index is 482. The molecule has 0 bridgehead atoms. The molecule has 0 radical (unpaired) electrons. The van der Waals surface area contributed by atoms with Crippen LogP contribution in [0.25, 0.3) is 0 Å². The van der Waals surface area contributed by atoms with Gasteiger partial charge in [-0.05, 0) is 12.1 Å². The summed E-state index contributed by atoms with van der Waals surface area (Å²) in [6.07, 6.45) is -0.881. The minimum Gasteiger partial charge on any atom is -0.387 e. The molecule has 1 fully saturated rings. The van der Waals surface area contributed by atoms with Crippen molar-refractivity contribution in [1.29, 1.82) is 0 Å². The lowest BCUT2D eigenvalue weighted by Gasteiger charge is -2.23. The summed E-state index contributed by atoms with van der Waals surface area (Å²) >= 11 is 11.8. The van der Waals surface area contributed by atoms with Crippen LogP contribution in [0, 0.1) is 0 Å². The number of amides is 1. The minimum atomic E-state index is -0.881. The minimum absolute atomic E-state index is 0. The van der Waals surface area contributed by atoms with Crippen LogP contribution >= 0.6 is 35.6 Å². The molecule has 1 aromatic rings. The van der Waals surface area contributed by atoms with Crippen molar-refractivity contribution < 1.29 is 14.6 Å². The van der Waals surface area contributed by atoms with E-state index in [1.807, 2.05) is 0 Å². The normalized spacial score (nSPS) is 19.5. The van der Waals surface area contributed by atoms with Crippen molar-refractivity contribution in [2.24, 2.45) is 0 Å². The van der Waals surface area contributed by atoms with Crippen LogP contribution in [0.4, 0.5) is 0 Å². The molecule has 1 heterocycles. The van der Waals surface area contributed by atoms with Gasteiger partial charge < -0.3 is 20.5 Å². The van der Waals surface area contributed by atoms with E-state index in [1.165, 1.54) is 0 Å². The maximum atomic E-state index is 11.9. The fourth-order valence-electron chi connectivity index (χ4n) is 1.94. The van der Waals surface area contributed by atoms with Crippen LogP contribution in [-0.4, -0.2) is 43.4 Å². The summed E-state index contributed by atoms with van der Waals surface area (Å²) < 4.78 is 5.21. The van der Waals surface area contributed by atoms with Gasteiger partial charge in [0.15, 0.2) is 0 Å². The van der Waals surface area contributed by atoms with Gasteiger partial charge in [-0.1, -0.05) is 29.3 Å². The van der Waals surface area contributed by atoms with Gasteiger partial charge in [0.1, 0.15) is 6.04 Å². The third-order valence-electron chi connectivity index (χ3n) is 3.03. The van der Waals surface area contributed by atoms with E-state index >= 15 is 0 Å². The molecule has 0 aromatic heterocycles. The molecule has 0 aliphatic carbocycles. The highest BCUT2D eigenvalue weighted by Gasteiger charge is 2.22. The van der Waals surface area contributed by atoms with Gasteiger partial charge >= 0.3 is 0 Å². The molecule has 0 saturated carbocycles. The third kappa shape index (κ3) is 5.29. The number of carbonyl (C=O) groups is 1. The van der Waals surface area contributed by atoms with Gasteiger partial charge in [-0.3, -0.25) is 4.79 Å². The van der Waals surface area contributed by atoms with Crippen LogP contribution in [0.3, 0.4) is 0 Å². The lowest BCUT2D eigenvalue weighted by atomic mass is 10.1. The summed E-state index contributed by atoms with van der Waals surface area (Å²) in [5, 5.41) is 16.6. The molecule has 3 N–H and O–H groups in total. The first-order valence-corrected chi connectivity index (χ1v) is 7.05. The summed E-state index contributed by atoms with van der Waals surface area (Å²) in [6, 6.07) is 4.46. The van der Waals surface area contributed by atoms with Gasteiger partial charge in [0.25, 0.3) is 0 Å². The monoisotopic (exact) mass is 354 g/mol. The van der Waals surface area contributed by atoms with Crippen LogP contribution in [0.5, 0.6) is 0 Å². The maximum Gasteiger partial charge on any atom is 0.239 e. The van der Waals surface area contributed by atoms with Crippen LogP contribution < -0.4 is 10.6 Å². The van der Waals surface area contributed by atoms with Crippen molar-refractivity contribution in [3.8, 4) is 0 Å². The number of halogens is 3. The van der Waals surface area contributed by atoms with Crippen LogP contribution in [0.1, 0.15) is 11.7 Å². The Morgan fingerprint density at radius 1 is 1.52 bits per heavy atom. The van der Waals surface area contributed by atoms with E-state index in [1.54, 1.807) is 18.2 Å². The number of hydrogen-bond donors (Lipinski definition) is 3. The van der Waals surface area contributed by atoms with Gasteiger partial charge in [0, 0.05) is 28.7 Å². The molecule has 1 amide bonds. The highest BCUT2D eigenvalue weighted by molar-refractivity contribution is 6.35. The Morgan fingerprint density at radius 3 is 2.90 bits per heavy atom. The zero-order chi connectivity index (χ0) is 14.5. The van der Waals surface area contributed by atoms with Gasteiger partial charge in [0.2, 0.25) is 5.91 Å². The quantitative estimate of drug-likeness (QED) is 0.766. The van der Waals surface area contributed by atoms with Crippen molar-refractivity contribution in [2.45, 2.75) is 12.1 Å². The van der Waals surface area contributed by atoms with E-state index in [4.69, 9.17) is 27.9 Å². The Hall–Kier alpha value is -0.560. The second-order valence-corrected chi connectivity index (χ2v) is 5.35. The maximum absolute atomic E-state index is 11.9. The fraction of sp³-hybridized carbons (Fsp3) is 0.462. The van der Waals surface area contributed by atoms with Crippen molar-refractivity contribution >= 4 is 41.5 Å². The molecule has 1 saturated heterocycles. The first-order chi connectivity index (χ1) is 9.58. The van der Waals surface area contributed by atoms with Crippen molar-refractivity contribution in [2.75, 3.05) is 26.3 Å². The lowest BCUT2D eigenvalue weighted by Crippen LogP contribution is -2.51. The number of hydrogen-bond acceptors (Lipinski definition) is 4. The number of ether oxygens (including phenoxy) is 1. The average molecular weight is 356 g/mol. The molecular formula is C13H17Cl3N2O3. The largest absolute Gasteiger partial charge is 0.387 e. The second kappa shape index (κ2) is 8.78. The highest BCUT2D eigenvalue weighted by atomic mass is 35.5. The van der Waals surface area contributed by atoms with Gasteiger partial charge in [-0.2, -0.15) is 0 Å². The van der Waals surface area contributed by atoms with E-state index in [0.717, 1.165) is 0 Å².